The first-order valence-corrected chi connectivity index (χ1v) is 6.64. The zero-order chi connectivity index (χ0) is 13.5. The first-order chi connectivity index (χ1) is 8.54. The molecular formula is C15H25NO2. The highest BCUT2D eigenvalue weighted by Gasteiger charge is 2.08. The molecule has 3 heteroatoms. The first-order valence-electron chi connectivity index (χ1n) is 6.64. The average molecular weight is 251 g/mol. The van der Waals surface area contributed by atoms with Crippen LogP contribution in [0.2, 0.25) is 0 Å². The molecule has 1 aromatic rings. The van der Waals surface area contributed by atoms with Crippen LogP contribution in [0.15, 0.2) is 12.1 Å². The maximum Gasteiger partial charge on any atom is 0.122 e. The first kappa shape index (κ1) is 15.0. The van der Waals surface area contributed by atoms with Crippen molar-refractivity contribution in [1.29, 1.82) is 0 Å². The SMILES string of the molecule is CCCNCC(O)COc1cc(C)cc(C)c1C. The van der Waals surface area contributed by atoms with Gasteiger partial charge in [-0.3, -0.25) is 0 Å². The highest BCUT2D eigenvalue weighted by molar-refractivity contribution is 5.41. The highest BCUT2D eigenvalue weighted by Crippen LogP contribution is 2.23. The Bertz CT molecular complexity index is 377. The van der Waals surface area contributed by atoms with E-state index < -0.39 is 6.10 Å². The number of aryl methyl sites for hydroxylation is 2. The van der Waals surface area contributed by atoms with Gasteiger partial charge >= 0.3 is 0 Å². The number of aliphatic hydroxyl groups excluding tert-OH is 1. The van der Waals surface area contributed by atoms with E-state index in [2.05, 4.69) is 32.2 Å². The van der Waals surface area contributed by atoms with Crippen molar-refractivity contribution in [3.8, 4) is 5.75 Å². The van der Waals surface area contributed by atoms with Gasteiger partial charge < -0.3 is 15.2 Å². The molecule has 0 aliphatic heterocycles. The molecule has 0 fully saturated rings. The van der Waals surface area contributed by atoms with Crippen LogP contribution in [0.4, 0.5) is 0 Å². The second kappa shape index (κ2) is 7.39. The van der Waals surface area contributed by atoms with E-state index in [4.69, 9.17) is 4.74 Å². The summed E-state index contributed by atoms with van der Waals surface area (Å²) in [6, 6.07) is 4.16. The standard InChI is InChI=1S/C15H25NO2/c1-5-6-16-9-14(17)10-18-15-8-11(2)7-12(3)13(15)4/h7-8,14,16-17H,5-6,9-10H2,1-4H3. The van der Waals surface area contributed by atoms with Gasteiger partial charge in [-0.25, -0.2) is 0 Å². The largest absolute Gasteiger partial charge is 0.491 e. The van der Waals surface area contributed by atoms with Crippen molar-refractivity contribution in [2.75, 3.05) is 19.7 Å². The minimum atomic E-state index is -0.461. The van der Waals surface area contributed by atoms with Crippen LogP contribution in [0, 0.1) is 20.8 Å². The van der Waals surface area contributed by atoms with Crippen LogP contribution in [0.25, 0.3) is 0 Å². The highest BCUT2D eigenvalue weighted by atomic mass is 16.5. The van der Waals surface area contributed by atoms with Gasteiger partial charge in [0.2, 0.25) is 0 Å². The molecule has 1 rings (SSSR count). The molecule has 0 aliphatic carbocycles. The molecule has 0 saturated heterocycles. The minimum absolute atomic E-state index is 0.334. The lowest BCUT2D eigenvalue weighted by Gasteiger charge is -2.16. The Balaban J connectivity index is 2.48. The quantitative estimate of drug-likeness (QED) is 0.731. The van der Waals surface area contributed by atoms with Crippen LogP contribution in [0.5, 0.6) is 5.75 Å². The second-order valence-electron chi connectivity index (χ2n) is 4.87. The molecule has 102 valence electrons. The van der Waals surface area contributed by atoms with Crippen molar-refractivity contribution in [2.24, 2.45) is 0 Å². The summed E-state index contributed by atoms with van der Waals surface area (Å²) in [6.07, 6.45) is 0.612. The third kappa shape index (κ3) is 4.67. The summed E-state index contributed by atoms with van der Waals surface area (Å²) in [4.78, 5) is 0. The number of ether oxygens (including phenoxy) is 1. The van der Waals surface area contributed by atoms with Crippen LogP contribution in [-0.2, 0) is 0 Å². The molecule has 3 nitrogen and oxygen atoms in total. The van der Waals surface area contributed by atoms with E-state index in [-0.39, 0.29) is 0 Å². The molecule has 0 saturated carbocycles. The summed E-state index contributed by atoms with van der Waals surface area (Å²) in [6.45, 7) is 10.1. The molecule has 0 amide bonds. The van der Waals surface area contributed by atoms with E-state index in [1.54, 1.807) is 0 Å². The molecule has 1 atom stereocenters. The molecule has 0 radical (unpaired) electrons. The molecule has 2 N–H and O–H groups in total. The van der Waals surface area contributed by atoms with Gasteiger partial charge in [0.1, 0.15) is 18.5 Å². The third-order valence-electron chi connectivity index (χ3n) is 3.00. The number of benzene rings is 1. The van der Waals surface area contributed by atoms with Gasteiger partial charge in [0.05, 0.1) is 0 Å². The zero-order valence-electron chi connectivity index (χ0n) is 11.9. The Morgan fingerprint density at radius 3 is 2.67 bits per heavy atom. The Kier molecular flexibility index (Phi) is 6.16. The van der Waals surface area contributed by atoms with Crippen molar-refractivity contribution < 1.29 is 9.84 Å². The molecule has 1 unspecified atom stereocenters. The Labute approximate surface area is 110 Å². The number of hydrogen-bond donors (Lipinski definition) is 2. The van der Waals surface area contributed by atoms with Crippen molar-refractivity contribution in [3.63, 3.8) is 0 Å². The Morgan fingerprint density at radius 1 is 1.28 bits per heavy atom. The molecule has 1 aromatic carbocycles. The van der Waals surface area contributed by atoms with E-state index in [1.807, 2.05) is 13.0 Å². The van der Waals surface area contributed by atoms with Gasteiger partial charge in [0, 0.05) is 6.54 Å². The number of nitrogens with one attached hydrogen (secondary N) is 1. The van der Waals surface area contributed by atoms with E-state index in [1.165, 1.54) is 11.1 Å². The van der Waals surface area contributed by atoms with Crippen LogP contribution >= 0.6 is 0 Å². The Morgan fingerprint density at radius 2 is 2.00 bits per heavy atom. The molecule has 0 aliphatic rings. The summed E-state index contributed by atoms with van der Waals surface area (Å²) < 4.78 is 5.70. The number of aliphatic hydroxyl groups is 1. The lowest BCUT2D eigenvalue weighted by atomic mass is 10.1. The summed E-state index contributed by atoms with van der Waals surface area (Å²) in [5.74, 6) is 0.877. The van der Waals surface area contributed by atoms with E-state index >= 15 is 0 Å². The van der Waals surface area contributed by atoms with Crippen molar-refractivity contribution in [3.05, 3.63) is 28.8 Å². The summed E-state index contributed by atoms with van der Waals surface area (Å²) in [5.41, 5.74) is 3.56. The monoisotopic (exact) mass is 251 g/mol. The van der Waals surface area contributed by atoms with E-state index in [0.29, 0.717) is 13.2 Å². The van der Waals surface area contributed by atoms with Gasteiger partial charge in [-0.1, -0.05) is 13.0 Å². The minimum Gasteiger partial charge on any atom is -0.491 e. The second-order valence-corrected chi connectivity index (χ2v) is 4.87. The smallest absolute Gasteiger partial charge is 0.122 e. The average Bonchev–Trinajstić information content (AvgIpc) is 2.32. The molecule has 0 bridgehead atoms. The third-order valence-corrected chi connectivity index (χ3v) is 3.00. The van der Waals surface area contributed by atoms with Gasteiger partial charge in [-0.05, 0) is 56.5 Å². The number of rotatable bonds is 7. The molecule has 0 spiro atoms. The van der Waals surface area contributed by atoms with E-state index in [9.17, 15) is 5.11 Å². The topological polar surface area (TPSA) is 41.5 Å². The fourth-order valence-corrected chi connectivity index (χ4v) is 1.84. The summed E-state index contributed by atoms with van der Waals surface area (Å²) >= 11 is 0. The fraction of sp³-hybridized carbons (Fsp3) is 0.600. The molecular weight excluding hydrogens is 226 g/mol. The molecule has 0 heterocycles. The molecule has 0 aromatic heterocycles. The van der Waals surface area contributed by atoms with Gasteiger partial charge in [0.15, 0.2) is 0 Å². The molecule has 18 heavy (non-hydrogen) atoms. The fourth-order valence-electron chi connectivity index (χ4n) is 1.84. The van der Waals surface area contributed by atoms with Crippen LogP contribution < -0.4 is 10.1 Å². The Hall–Kier alpha value is -1.06. The van der Waals surface area contributed by atoms with Crippen molar-refractivity contribution in [1.82, 2.24) is 5.32 Å². The van der Waals surface area contributed by atoms with Crippen molar-refractivity contribution >= 4 is 0 Å². The predicted octanol–water partition coefficient (Wildman–Crippen LogP) is 2.35. The lowest BCUT2D eigenvalue weighted by molar-refractivity contribution is 0.106. The normalized spacial score (nSPS) is 12.5. The maximum absolute atomic E-state index is 9.78. The predicted molar refractivity (Wildman–Crippen MR) is 75.3 cm³/mol. The van der Waals surface area contributed by atoms with Gasteiger partial charge in [-0.2, -0.15) is 0 Å². The van der Waals surface area contributed by atoms with Crippen molar-refractivity contribution in [2.45, 2.75) is 40.2 Å². The van der Waals surface area contributed by atoms with E-state index in [0.717, 1.165) is 24.3 Å². The van der Waals surface area contributed by atoms with Gasteiger partial charge in [0.25, 0.3) is 0 Å². The summed E-state index contributed by atoms with van der Waals surface area (Å²) in [7, 11) is 0. The summed E-state index contributed by atoms with van der Waals surface area (Å²) in [5, 5.41) is 13.0. The zero-order valence-corrected chi connectivity index (χ0v) is 11.9. The van der Waals surface area contributed by atoms with Crippen LogP contribution in [0.1, 0.15) is 30.0 Å². The van der Waals surface area contributed by atoms with Crippen LogP contribution in [-0.4, -0.2) is 30.9 Å². The maximum atomic E-state index is 9.78. The van der Waals surface area contributed by atoms with Gasteiger partial charge in [-0.15, -0.1) is 0 Å². The number of hydrogen-bond acceptors (Lipinski definition) is 3. The lowest BCUT2D eigenvalue weighted by Crippen LogP contribution is -2.31. The van der Waals surface area contributed by atoms with Crippen LogP contribution in [0.3, 0.4) is 0 Å².